The van der Waals surface area contributed by atoms with Crippen LogP contribution in [0.4, 0.5) is 4.39 Å². The van der Waals surface area contributed by atoms with Crippen molar-refractivity contribution in [1.82, 2.24) is 10.3 Å². The van der Waals surface area contributed by atoms with Crippen LogP contribution in [0.3, 0.4) is 0 Å². The summed E-state index contributed by atoms with van der Waals surface area (Å²) >= 11 is 6.04. The lowest BCUT2D eigenvalue weighted by Gasteiger charge is -2.12. The minimum atomic E-state index is -0.358. The molecule has 0 aliphatic heterocycles. The number of nitrogens with zero attached hydrogens (tertiary/aromatic N) is 1. The van der Waals surface area contributed by atoms with Gasteiger partial charge in [0.1, 0.15) is 18.2 Å². The molecule has 1 heterocycles. The molecule has 0 unspecified atom stereocenters. The van der Waals surface area contributed by atoms with Gasteiger partial charge in [-0.15, -0.1) is 0 Å². The van der Waals surface area contributed by atoms with E-state index in [2.05, 4.69) is 10.3 Å². The maximum atomic E-state index is 13.1. The van der Waals surface area contributed by atoms with Crippen molar-refractivity contribution in [3.8, 4) is 5.75 Å². The van der Waals surface area contributed by atoms with E-state index in [1.54, 1.807) is 12.3 Å². The minimum Gasteiger partial charge on any atom is -0.489 e. The lowest BCUT2D eigenvalue weighted by Crippen LogP contribution is -2.16. The van der Waals surface area contributed by atoms with Crippen LogP contribution in [0.5, 0.6) is 5.75 Å². The van der Waals surface area contributed by atoms with Gasteiger partial charge in [-0.05, 0) is 37.1 Å². The average molecular weight is 307 g/mol. The van der Waals surface area contributed by atoms with Crippen LogP contribution in [0.25, 0.3) is 0 Å². The molecule has 1 aliphatic rings. The van der Waals surface area contributed by atoms with Crippen molar-refractivity contribution in [3.63, 3.8) is 0 Å². The summed E-state index contributed by atoms with van der Waals surface area (Å²) in [6, 6.07) is 7.57. The summed E-state index contributed by atoms with van der Waals surface area (Å²) in [5.41, 5.74) is 1.71. The molecule has 0 bridgehead atoms. The van der Waals surface area contributed by atoms with E-state index in [0.717, 1.165) is 17.9 Å². The van der Waals surface area contributed by atoms with E-state index >= 15 is 0 Å². The van der Waals surface area contributed by atoms with Crippen molar-refractivity contribution in [2.45, 2.75) is 32.0 Å². The molecule has 1 fully saturated rings. The van der Waals surface area contributed by atoms with Crippen LogP contribution >= 0.6 is 11.6 Å². The summed E-state index contributed by atoms with van der Waals surface area (Å²) < 4.78 is 18.9. The molecule has 1 saturated carbocycles. The van der Waals surface area contributed by atoms with Gasteiger partial charge in [0.05, 0.1) is 6.20 Å². The highest BCUT2D eigenvalue weighted by Crippen LogP contribution is 2.26. The van der Waals surface area contributed by atoms with Gasteiger partial charge >= 0.3 is 0 Å². The number of halogens is 2. The fourth-order valence-corrected chi connectivity index (χ4v) is 2.26. The Morgan fingerprint density at radius 3 is 2.90 bits per heavy atom. The molecule has 1 aromatic carbocycles. The summed E-state index contributed by atoms with van der Waals surface area (Å²) in [5.74, 6) is 0.402. The maximum absolute atomic E-state index is 13.1. The molecule has 0 radical (unpaired) electrons. The monoisotopic (exact) mass is 306 g/mol. The van der Waals surface area contributed by atoms with Gasteiger partial charge in [0.2, 0.25) is 0 Å². The van der Waals surface area contributed by atoms with Crippen molar-refractivity contribution in [3.05, 3.63) is 58.6 Å². The van der Waals surface area contributed by atoms with Gasteiger partial charge in [-0.3, -0.25) is 4.98 Å². The Morgan fingerprint density at radius 2 is 2.14 bits per heavy atom. The van der Waals surface area contributed by atoms with E-state index in [9.17, 15) is 4.39 Å². The van der Waals surface area contributed by atoms with Gasteiger partial charge in [0.25, 0.3) is 0 Å². The fraction of sp³-hybridized carbons (Fsp3) is 0.312. The standard InChI is InChI=1S/C16H16ClFN2O/c17-13-1-4-16(12(6-13)8-20-15-2-3-15)21-10-11-5-14(18)9-19-7-11/h1,4-7,9,15,20H,2-3,8,10H2. The lowest BCUT2D eigenvalue weighted by atomic mass is 10.2. The summed E-state index contributed by atoms with van der Waals surface area (Å²) in [5, 5.41) is 4.12. The third-order valence-electron chi connectivity index (χ3n) is 3.34. The van der Waals surface area contributed by atoms with Crippen molar-refractivity contribution in [1.29, 1.82) is 0 Å². The van der Waals surface area contributed by atoms with E-state index in [1.165, 1.54) is 25.1 Å². The summed E-state index contributed by atoms with van der Waals surface area (Å²) in [6.07, 6.45) is 5.23. The first-order chi connectivity index (χ1) is 10.2. The molecular formula is C16H16ClFN2O. The smallest absolute Gasteiger partial charge is 0.141 e. The number of hydrogen-bond donors (Lipinski definition) is 1. The fourth-order valence-electron chi connectivity index (χ4n) is 2.06. The van der Waals surface area contributed by atoms with Crippen LogP contribution in [0.15, 0.2) is 36.7 Å². The van der Waals surface area contributed by atoms with Crippen molar-refractivity contribution < 1.29 is 9.13 Å². The van der Waals surface area contributed by atoms with Crippen LogP contribution in [-0.4, -0.2) is 11.0 Å². The predicted octanol–water partition coefficient (Wildman–Crippen LogP) is 3.71. The van der Waals surface area contributed by atoms with Crippen LogP contribution in [0, 0.1) is 5.82 Å². The molecule has 0 atom stereocenters. The van der Waals surface area contributed by atoms with E-state index < -0.39 is 0 Å². The highest BCUT2D eigenvalue weighted by atomic mass is 35.5. The lowest BCUT2D eigenvalue weighted by molar-refractivity contribution is 0.301. The van der Waals surface area contributed by atoms with Gasteiger partial charge in [-0.25, -0.2) is 4.39 Å². The molecular weight excluding hydrogens is 291 g/mol. The first-order valence-corrected chi connectivity index (χ1v) is 7.32. The van der Waals surface area contributed by atoms with Crippen LogP contribution in [0.2, 0.25) is 5.02 Å². The molecule has 0 saturated heterocycles. The normalized spacial score (nSPS) is 14.2. The zero-order valence-electron chi connectivity index (χ0n) is 11.5. The second kappa shape index (κ2) is 6.41. The summed E-state index contributed by atoms with van der Waals surface area (Å²) in [4.78, 5) is 3.81. The van der Waals surface area contributed by atoms with E-state index in [0.29, 0.717) is 16.6 Å². The average Bonchev–Trinajstić information content (AvgIpc) is 3.28. The minimum absolute atomic E-state index is 0.281. The molecule has 21 heavy (non-hydrogen) atoms. The number of aromatic nitrogens is 1. The van der Waals surface area contributed by atoms with E-state index in [-0.39, 0.29) is 12.4 Å². The maximum Gasteiger partial charge on any atom is 0.141 e. The Balaban J connectivity index is 1.68. The number of hydrogen-bond acceptors (Lipinski definition) is 3. The van der Waals surface area contributed by atoms with E-state index in [4.69, 9.17) is 16.3 Å². The van der Waals surface area contributed by atoms with Gasteiger partial charge in [0, 0.05) is 34.9 Å². The van der Waals surface area contributed by atoms with Crippen molar-refractivity contribution in [2.24, 2.45) is 0 Å². The molecule has 0 spiro atoms. The van der Waals surface area contributed by atoms with Gasteiger partial charge in [0.15, 0.2) is 0 Å². The Kier molecular flexibility index (Phi) is 4.36. The Bertz CT molecular complexity index is 631. The first-order valence-electron chi connectivity index (χ1n) is 6.95. The molecule has 2 aromatic rings. The highest BCUT2D eigenvalue weighted by molar-refractivity contribution is 6.30. The quantitative estimate of drug-likeness (QED) is 0.883. The molecule has 1 aromatic heterocycles. The van der Waals surface area contributed by atoms with Crippen molar-refractivity contribution >= 4 is 11.6 Å². The molecule has 0 amide bonds. The summed E-state index contributed by atoms with van der Waals surface area (Å²) in [6.45, 7) is 1.00. The molecule has 1 N–H and O–H groups in total. The number of rotatable bonds is 6. The van der Waals surface area contributed by atoms with Gasteiger partial charge in [-0.1, -0.05) is 11.6 Å². The third kappa shape index (κ3) is 4.16. The number of nitrogens with one attached hydrogen (secondary N) is 1. The molecule has 5 heteroatoms. The Labute approximate surface area is 128 Å². The highest BCUT2D eigenvalue weighted by Gasteiger charge is 2.20. The Morgan fingerprint density at radius 1 is 1.29 bits per heavy atom. The van der Waals surface area contributed by atoms with Crippen molar-refractivity contribution in [2.75, 3.05) is 0 Å². The summed E-state index contributed by atoms with van der Waals surface area (Å²) in [7, 11) is 0. The Hall–Kier alpha value is -1.65. The number of benzene rings is 1. The van der Waals surface area contributed by atoms with Crippen LogP contribution in [0.1, 0.15) is 24.0 Å². The predicted molar refractivity (Wildman–Crippen MR) is 79.8 cm³/mol. The zero-order valence-corrected chi connectivity index (χ0v) is 12.2. The second-order valence-corrected chi connectivity index (χ2v) is 5.64. The molecule has 3 nitrogen and oxygen atoms in total. The van der Waals surface area contributed by atoms with Gasteiger partial charge in [-0.2, -0.15) is 0 Å². The van der Waals surface area contributed by atoms with E-state index in [1.807, 2.05) is 12.1 Å². The third-order valence-corrected chi connectivity index (χ3v) is 3.57. The zero-order chi connectivity index (χ0) is 14.7. The number of pyridine rings is 1. The second-order valence-electron chi connectivity index (χ2n) is 5.21. The molecule has 110 valence electrons. The molecule has 3 rings (SSSR count). The van der Waals surface area contributed by atoms with Crippen LogP contribution in [-0.2, 0) is 13.2 Å². The first kappa shape index (κ1) is 14.3. The largest absolute Gasteiger partial charge is 0.489 e. The van der Waals surface area contributed by atoms with Gasteiger partial charge < -0.3 is 10.1 Å². The SMILES string of the molecule is Fc1cncc(COc2ccc(Cl)cc2CNC2CC2)c1. The van der Waals surface area contributed by atoms with Crippen LogP contribution < -0.4 is 10.1 Å². The number of ether oxygens (including phenoxy) is 1. The molecule has 1 aliphatic carbocycles. The topological polar surface area (TPSA) is 34.1 Å².